The molecule has 0 unspecified atom stereocenters. The lowest BCUT2D eigenvalue weighted by molar-refractivity contribution is 0.765. The lowest BCUT2D eigenvalue weighted by atomic mass is 10.1. The Morgan fingerprint density at radius 3 is 2.89 bits per heavy atom. The number of benzene rings is 1. The molecule has 0 saturated carbocycles. The molecule has 0 amide bonds. The van der Waals surface area contributed by atoms with Crippen molar-refractivity contribution in [3.8, 4) is 11.4 Å². The molecular weight excluding hydrogens is 304 g/mol. The Morgan fingerprint density at radius 1 is 1.05 bits per heavy atom. The number of pyridine rings is 1. The monoisotopic (exact) mass is 314 g/mol. The second kappa shape index (κ2) is 4.15. The second-order valence-corrected chi connectivity index (χ2v) is 5.60. The smallest absolute Gasteiger partial charge is 0.168 e. The van der Waals surface area contributed by atoms with Gasteiger partial charge in [-0.05, 0) is 45.3 Å². The molecule has 1 N–H and O–H groups in total. The summed E-state index contributed by atoms with van der Waals surface area (Å²) in [4.78, 5) is 0. The van der Waals surface area contributed by atoms with Gasteiger partial charge in [0.1, 0.15) is 0 Å². The molecule has 0 atom stereocenters. The molecule has 1 aromatic carbocycles. The van der Waals surface area contributed by atoms with Crippen molar-refractivity contribution in [3.63, 3.8) is 0 Å². The number of aromatic nitrogens is 3. The Kier molecular flexibility index (Phi) is 2.43. The molecule has 0 radical (unpaired) electrons. The fraction of sp³-hybridized carbons (Fsp3) is 0.143. The van der Waals surface area contributed by atoms with Gasteiger partial charge in [0.05, 0.1) is 0 Å². The van der Waals surface area contributed by atoms with Crippen molar-refractivity contribution in [2.24, 2.45) is 0 Å². The van der Waals surface area contributed by atoms with Gasteiger partial charge in [-0.3, -0.25) is 4.40 Å². The second-order valence-electron chi connectivity index (χ2n) is 4.69. The van der Waals surface area contributed by atoms with Gasteiger partial charge in [-0.15, -0.1) is 10.2 Å². The Bertz CT molecular complexity index is 778. The molecule has 2 aromatic heterocycles. The Labute approximate surface area is 118 Å². The van der Waals surface area contributed by atoms with E-state index in [2.05, 4.69) is 49.6 Å². The summed E-state index contributed by atoms with van der Waals surface area (Å²) >= 11 is 3.49. The molecule has 0 aliphatic carbocycles. The molecule has 94 valence electrons. The average Bonchev–Trinajstić information content (AvgIpc) is 3.03. The van der Waals surface area contributed by atoms with E-state index in [9.17, 15) is 0 Å². The van der Waals surface area contributed by atoms with E-state index in [-0.39, 0.29) is 0 Å². The van der Waals surface area contributed by atoms with E-state index in [0.29, 0.717) is 0 Å². The van der Waals surface area contributed by atoms with Crippen LogP contribution in [0.5, 0.6) is 0 Å². The van der Waals surface area contributed by atoms with Crippen LogP contribution in [0.4, 0.5) is 0 Å². The Morgan fingerprint density at radius 2 is 1.95 bits per heavy atom. The van der Waals surface area contributed by atoms with Crippen LogP contribution in [0.3, 0.4) is 0 Å². The molecule has 1 aliphatic heterocycles. The van der Waals surface area contributed by atoms with Crippen molar-refractivity contribution in [1.29, 1.82) is 0 Å². The zero-order valence-electron chi connectivity index (χ0n) is 10.1. The first-order valence-corrected chi connectivity index (χ1v) is 6.94. The molecule has 19 heavy (non-hydrogen) atoms. The van der Waals surface area contributed by atoms with Crippen LogP contribution in [0, 0.1) is 0 Å². The lowest BCUT2D eigenvalue weighted by Gasteiger charge is -2.03. The topological polar surface area (TPSA) is 42.2 Å². The first-order chi connectivity index (χ1) is 9.31. The number of hydrogen-bond donors (Lipinski definition) is 1. The maximum absolute atomic E-state index is 4.30. The minimum Gasteiger partial charge on any atom is -0.309 e. The summed E-state index contributed by atoms with van der Waals surface area (Å²) in [5.41, 5.74) is 4.69. The first-order valence-electron chi connectivity index (χ1n) is 6.14. The van der Waals surface area contributed by atoms with Crippen LogP contribution < -0.4 is 5.32 Å². The van der Waals surface area contributed by atoms with Crippen LogP contribution >= 0.6 is 15.9 Å². The van der Waals surface area contributed by atoms with Gasteiger partial charge in [0.2, 0.25) is 0 Å². The molecule has 5 heteroatoms. The van der Waals surface area contributed by atoms with Gasteiger partial charge < -0.3 is 5.32 Å². The summed E-state index contributed by atoms with van der Waals surface area (Å²) in [7, 11) is 0. The van der Waals surface area contributed by atoms with E-state index in [4.69, 9.17) is 0 Å². The minimum atomic E-state index is 0.858. The quantitative estimate of drug-likeness (QED) is 0.751. The molecule has 0 spiro atoms. The van der Waals surface area contributed by atoms with E-state index >= 15 is 0 Å². The lowest BCUT2D eigenvalue weighted by Crippen LogP contribution is -1.99. The summed E-state index contributed by atoms with van der Waals surface area (Å²) in [5, 5.41) is 11.9. The van der Waals surface area contributed by atoms with Crippen LogP contribution in [0.25, 0.3) is 17.0 Å². The predicted molar refractivity (Wildman–Crippen MR) is 76.7 cm³/mol. The van der Waals surface area contributed by atoms with Crippen molar-refractivity contribution in [2.45, 2.75) is 13.1 Å². The summed E-state index contributed by atoms with van der Waals surface area (Å²) in [5.74, 6) is 0.881. The third kappa shape index (κ3) is 1.77. The van der Waals surface area contributed by atoms with E-state index < -0.39 is 0 Å². The van der Waals surface area contributed by atoms with Gasteiger partial charge in [0, 0.05) is 29.3 Å². The van der Waals surface area contributed by atoms with E-state index in [1.807, 2.05) is 22.7 Å². The highest BCUT2D eigenvalue weighted by Gasteiger charge is 2.13. The summed E-state index contributed by atoms with van der Waals surface area (Å²) in [6, 6.07) is 10.4. The van der Waals surface area contributed by atoms with Crippen molar-refractivity contribution < 1.29 is 0 Å². The van der Waals surface area contributed by atoms with Crippen LogP contribution in [-0.4, -0.2) is 14.6 Å². The van der Waals surface area contributed by atoms with Crippen LogP contribution in [-0.2, 0) is 13.1 Å². The molecule has 0 fully saturated rings. The van der Waals surface area contributed by atoms with Crippen molar-refractivity contribution in [3.05, 3.63) is 52.1 Å². The molecule has 0 bridgehead atoms. The van der Waals surface area contributed by atoms with Gasteiger partial charge in [-0.25, -0.2) is 0 Å². The van der Waals surface area contributed by atoms with Gasteiger partial charge in [0.25, 0.3) is 0 Å². The van der Waals surface area contributed by atoms with Gasteiger partial charge in [-0.1, -0.05) is 12.1 Å². The summed E-state index contributed by atoms with van der Waals surface area (Å²) in [6.45, 7) is 1.89. The van der Waals surface area contributed by atoms with Gasteiger partial charge in [-0.2, -0.15) is 0 Å². The summed E-state index contributed by atoms with van der Waals surface area (Å²) in [6.07, 6.45) is 2.00. The molecule has 3 aromatic rings. The van der Waals surface area contributed by atoms with Crippen molar-refractivity contribution in [1.82, 2.24) is 19.9 Å². The highest BCUT2D eigenvalue weighted by atomic mass is 79.9. The molecule has 4 nitrogen and oxygen atoms in total. The fourth-order valence-electron chi connectivity index (χ4n) is 2.50. The normalized spacial score (nSPS) is 13.9. The Balaban J connectivity index is 1.92. The minimum absolute atomic E-state index is 0.858. The van der Waals surface area contributed by atoms with Gasteiger partial charge in [0.15, 0.2) is 11.5 Å². The van der Waals surface area contributed by atoms with Gasteiger partial charge >= 0.3 is 0 Å². The average molecular weight is 315 g/mol. The molecular formula is C14H11BrN4. The molecule has 1 aliphatic rings. The number of fused-ring (bicyclic) bond motifs is 2. The maximum Gasteiger partial charge on any atom is 0.168 e. The first kappa shape index (κ1) is 11.1. The van der Waals surface area contributed by atoms with Crippen LogP contribution in [0.15, 0.2) is 41.0 Å². The maximum atomic E-state index is 4.30. The SMILES string of the molecule is Brc1ccc2nnc(-c3ccc4c(c3)CNC4)n2c1. The molecule has 0 saturated heterocycles. The zero-order chi connectivity index (χ0) is 12.8. The van der Waals surface area contributed by atoms with Crippen LogP contribution in [0.2, 0.25) is 0 Å². The number of halogens is 1. The summed E-state index contributed by atoms with van der Waals surface area (Å²) < 4.78 is 3.03. The van der Waals surface area contributed by atoms with E-state index in [0.717, 1.165) is 34.6 Å². The third-order valence-corrected chi connectivity index (χ3v) is 3.93. The molecule has 4 rings (SSSR count). The number of nitrogens with zero attached hydrogens (tertiary/aromatic N) is 3. The van der Waals surface area contributed by atoms with E-state index in [1.54, 1.807) is 0 Å². The third-order valence-electron chi connectivity index (χ3n) is 3.46. The largest absolute Gasteiger partial charge is 0.309 e. The standard InChI is InChI=1S/C14H11BrN4/c15-12-3-4-13-17-18-14(19(13)8-12)9-1-2-10-6-16-7-11(10)5-9/h1-5,8,16H,6-7H2. The van der Waals surface area contributed by atoms with Crippen molar-refractivity contribution >= 4 is 21.6 Å². The van der Waals surface area contributed by atoms with E-state index in [1.165, 1.54) is 11.1 Å². The van der Waals surface area contributed by atoms with Crippen molar-refractivity contribution in [2.75, 3.05) is 0 Å². The highest BCUT2D eigenvalue weighted by molar-refractivity contribution is 9.10. The van der Waals surface area contributed by atoms with Crippen LogP contribution in [0.1, 0.15) is 11.1 Å². The Hall–Kier alpha value is -1.72. The number of nitrogens with one attached hydrogen (secondary N) is 1. The predicted octanol–water partition coefficient (Wildman–Crippen LogP) is 2.76. The molecule has 3 heterocycles. The number of hydrogen-bond acceptors (Lipinski definition) is 3. The zero-order valence-corrected chi connectivity index (χ0v) is 11.7. The highest BCUT2D eigenvalue weighted by Crippen LogP contribution is 2.25. The number of rotatable bonds is 1. The fourth-order valence-corrected chi connectivity index (χ4v) is 2.83.